The summed E-state index contributed by atoms with van der Waals surface area (Å²) >= 11 is 0. The van der Waals surface area contributed by atoms with E-state index >= 15 is 0 Å². The Hall–Kier alpha value is -2.36. The van der Waals surface area contributed by atoms with E-state index in [9.17, 15) is 9.18 Å². The Kier molecular flexibility index (Phi) is 3.84. The predicted octanol–water partition coefficient (Wildman–Crippen LogP) is 3.22. The van der Waals surface area contributed by atoms with E-state index in [2.05, 4.69) is 5.32 Å². The first-order chi connectivity index (χ1) is 10.7. The molecular weight excluding hydrogens is 281 g/mol. The summed E-state index contributed by atoms with van der Waals surface area (Å²) in [5.41, 5.74) is 3.31. The van der Waals surface area contributed by atoms with Crippen LogP contribution in [0.4, 0.5) is 4.39 Å². The lowest BCUT2D eigenvalue weighted by molar-refractivity contribution is 0.0955. The van der Waals surface area contributed by atoms with Crippen LogP contribution in [0, 0.1) is 6.92 Å². The number of nitrogens with one attached hydrogen (secondary N) is 1. The zero-order valence-corrected chi connectivity index (χ0v) is 12.6. The molecule has 0 saturated heterocycles. The number of carbonyl (C=O) groups excluding carboxylic acids is 1. The number of halogens is 1. The van der Waals surface area contributed by atoms with Gasteiger partial charge in [0, 0.05) is 12.6 Å². The van der Waals surface area contributed by atoms with Crippen molar-refractivity contribution < 1.29 is 13.9 Å². The molecule has 2 atom stereocenters. The van der Waals surface area contributed by atoms with E-state index in [1.165, 1.54) is 0 Å². The molecule has 1 N–H and O–H groups in total. The Morgan fingerprint density at radius 1 is 1.27 bits per heavy atom. The van der Waals surface area contributed by atoms with Crippen molar-refractivity contribution in [3.8, 4) is 5.75 Å². The summed E-state index contributed by atoms with van der Waals surface area (Å²) in [4.78, 5) is 12.1. The van der Waals surface area contributed by atoms with Crippen molar-refractivity contribution in [3.63, 3.8) is 0 Å². The van der Waals surface area contributed by atoms with Crippen LogP contribution in [0.5, 0.6) is 5.75 Å². The number of amides is 1. The van der Waals surface area contributed by atoms with E-state index in [-0.39, 0.29) is 11.8 Å². The lowest BCUT2D eigenvalue weighted by Crippen LogP contribution is -2.22. The third kappa shape index (κ3) is 2.34. The molecule has 2 aromatic rings. The molecule has 0 spiro atoms. The van der Waals surface area contributed by atoms with Gasteiger partial charge in [0.25, 0.3) is 5.91 Å². The van der Waals surface area contributed by atoms with E-state index < -0.39 is 12.8 Å². The van der Waals surface area contributed by atoms with Gasteiger partial charge in [0.1, 0.15) is 18.5 Å². The van der Waals surface area contributed by atoms with Crippen molar-refractivity contribution in [2.24, 2.45) is 0 Å². The van der Waals surface area contributed by atoms with Crippen LogP contribution in [-0.2, 0) is 0 Å². The van der Waals surface area contributed by atoms with E-state index in [1.807, 2.05) is 43.3 Å². The average molecular weight is 299 g/mol. The molecule has 0 fully saturated rings. The van der Waals surface area contributed by atoms with Gasteiger partial charge in [-0.1, -0.05) is 36.4 Å². The molecule has 3 rings (SSSR count). The number of benzene rings is 2. The molecule has 1 aliphatic heterocycles. The molecule has 1 heterocycles. The van der Waals surface area contributed by atoms with Crippen molar-refractivity contribution in [3.05, 3.63) is 64.7 Å². The monoisotopic (exact) mass is 299 g/mol. The van der Waals surface area contributed by atoms with Crippen LogP contribution in [-0.4, -0.2) is 25.7 Å². The first-order valence-electron chi connectivity index (χ1n) is 7.30. The van der Waals surface area contributed by atoms with Gasteiger partial charge >= 0.3 is 0 Å². The summed E-state index contributed by atoms with van der Waals surface area (Å²) in [5, 5.41) is 2.61. The zero-order chi connectivity index (χ0) is 15.7. The second-order valence-corrected chi connectivity index (χ2v) is 5.51. The van der Waals surface area contributed by atoms with Crippen LogP contribution in [0.3, 0.4) is 0 Å². The van der Waals surface area contributed by atoms with Gasteiger partial charge in [-0.25, -0.2) is 4.39 Å². The molecule has 0 radical (unpaired) electrons. The highest BCUT2D eigenvalue weighted by Crippen LogP contribution is 2.45. The quantitative estimate of drug-likeness (QED) is 0.945. The van der Waals surface area contributed by atoms with Crippen LogP contribution in [0.2, 0.25) is 0 Å². The molecule has 0 bridgehead atoms. The van der Waals surface area contributed by atoms with Gasteiger partial charge in [0.05, 0.1) is 11.5 Å². The second-order valence-electron chi connectivity index (χ2n) is 5.51. The normalized spacial score (nSPS) is 19.4. The maximum atomic E-state index is 13.5. The van der Waals surface area contributed by atoms with Gasteiger partial charge in [-0.3, -0.25) is 4.79 Å². The van der Waals surface area contributed by atoms with E-state index in [0.717, 1.165) is 16.7 Å². The summed E-state index contributed by atoms with van der Waals surface area (Å²) in [7, 11) is 1.58. The largest absolute Gasteiger partial charge is 0.486 e. The molecule has 4 heteroatoms. The van der Waals surface area contributed by atoms with Gasteiger partial charge in [-0.2, -0.15) is 0 Å². The Labute approximate surface area is 129 Å². The summed E-state index contributed by atoms with van der Waals surface area (Å²) in [5.74, 6) is 0.0947. The fraction of sp³-hybridized carbons (Fsp3) is 0.278. The van der Waals surface area contributed by atoms with E-state index in [4.69, 9.17) is 4.74 Å². The minimum Gasteiger partial charge on any atom is -0.486 e. The third-order valence-electron chi connectivity index (χ3n) is 4.02. The van der Waals surface area contributed by atoms with Crippen molar-refractivity contribution in [2.75, 3.05) is 13.7 Å². The summed E-state index contributed by atoms with van der Waals surface area (Å²) in [6, 6.07) is 13.5. The Morgan fingerprint density at radius 2 is 2.00 bits per heavy atom. The van der Waals surface area contributed by atoms with Crippen molar-refractivity contribution >= 4 is 5.91 Å². The number of hydrogen-bond donors (Lipinski definition) is 1. The van der Waals surface area contributed by atoms with E-state index in [1.54, 1.807) is 13.1 Å². The van der Waals surface area contributed by atoms with Crippen LogP contribution in [0.25, 0.3) is 0 Å². The molecule has 0 aliphatic carbocycles. The summed E-state index contributed by atoms with van der Waals surface area (Å²) in [6.07, 6.45) is -0.595. The molecule has 0 saturated carbocycles. The molecule has 2 aromatic carbocycles. The van der Waals surface area contributed by atoms with Crippen molar-refractivity contribution in [2.45, 2.75) is 18.9 Å². The topological polar surface area (TPSA) is 38.3 Å². The maximum Gasteiger partial charge on any atom is 0.254 e. The number of carbonyl (C=O) groups is 1. The molecular formula is C18H18FNO2. The number of aryl methyl sites for hydroxylation is 1. The zero-order valence-electron chi connectivity index (χ0n) is 12.6. The van der Waals surface area contributed by atoms with Gasteiger partial charge in [0.2, 0.25) is 0 Å². The molecule has 1 aliphatic rings. The molecule has 3 nitrogen and oxygen atoms in total. The summed E-state index contributed by atoms with van der Waals surface area (Å²) in [6.45, 7) is 1.33. The fourth-order valence-corrected chi connectivity index (χ4v) is 3.06. The van der Waals surface area contributed by atoms with Gasteiger partial charge < -0.3 is 10.1 Å². The SMILES string of the molecule is CNC(=O)c1cc(C)cc2c1OC(CF)[C@H]2c1ccccc1. The lowest BCUT2D eigenvalue weighted by Gasteiger charge is -2.16. The molecule has 1 amide bonds. The molecule has 114 valence electrons. The standard InChI is InChI=1S/C18H18FNO2/c1-11-8-13-16(12-6-4-3-5-7-12)15(10-19)22-17(13)14(9-11)18(21)20-2/h3-9,15-16H,10H2,1-2H3,(H,20,21)/t15?,16-/m0/s1. The first-order valence-corrected chi connectivity index (χ1v) is 7.30. The third-order valence-corrected chi connectivity index (χ3v) is 4.02. The minimum atomic E-state index is -0.597. The number of hydrogen-bond acceptors (Lipinski definition) is 2. The van der Waals surface area contributed by atoms with Gasteiger partial charge in [-0.05, 0) is 24.1 Å². The Morgan fingerprint density at radius 3 is 2.64 bits per heavy atom. The predicted molar refractivity (Wildman–Crippen MR) is 83.2 cm³/mol. The minimum absolute atomic E-state index is 0.190. The highest BCUT2D eigenvalue weighted by molar-refractivity contribution is 5.97. The maximum absolute atomic E-state index is 13.5. The van der Waals surface area contributed by atoms with Gasteiger partial charge in [0.15, 0.2) is 0 Å². The van der Waals surface area contributed by atoms with Gasteiger partial charge in [-0.15, -0.1) is 0 Å². The second kappa shape index (κ2) is 5.79. The van der Waals surface area contributed by atoms with Crippen LogP contribution >= 0.6 is 0 Å². The number of fused-ring (bicyclic) bond motifs is 1. The highest BCUT2D eigenvalue weighted by Gasteiger charge is 2.38. The number of alkyl halides is 1. The first kappa shape index (κ1) is 14.6. The Balaban J connectivity index is 2.16. The molecule has 1 unspecified atom stereocenters. The molecule has 0 aromatic heterocycles. The van der Waals surface area contributed by atoms with Crippen molar-refractivity contribution in [1.29, 1.82) is 0 Å². The molecule has 22 heavy (non-hydrogen) atoms. The van der Waals surface area contributed by atoms with Crippen LogP contribution in [0.1, 0.15) is 33.0 Å². The summed E-state index contributed by atoms with van der Waals surface area (Å²) < 4.78 is 19.3. The lowest BCUT2D eigenvalue weighted by atomic mass is 9.87. The van der Waals surface area contributed by atoms with E-state index in [0.29, 0.717) is 11.3 Å². The average Bonchev–Trinajstić information content (AvgIpc) is 2.92. The van der Waals surface area contributed by atoms with Crippen LogP contribution in [0.15, 0.2) is 42.5 Å². The smallest absolute Gasteiger partial charge is 0.254 e. The fourth-order valence-electron chi connectivity index (χ4n) is 3.06. The van der Waals surface area contributed by atoms with Crippen molar-refractivity contribution in [1.82, 2.24) is 5.32 Å². The van der Waals surface area contributed by atoms with Crippen LogP contribution < -0.4 is 10.1 Å². The number of rotatable bonds is 3. The highest BCUT2D eigenvalue weighted by atomic mass is 19.1. The number of ether oxygens (including phenoxy) is 1. The Bertz CT molecular complexity index is 700.